The molecule has 9 heteroatoms. The van der Waals surface area contributed by atoms with Gasteiger partial charge >= 0.3 is 10.4 Å². The highest BCUT2D eigenvalue weighted by Gasteiger charge is 2.03. The van der Waals surface area contributed by atoms with Gasteiger partial charge in [0.2, 0.25) is 5.91 Å². The van der Waals surface area contributed by atoms with Crippen molar-refractivity contribution < 1.29 is 26.8 Å². The molecule has 0 radical (unpaired) electrons. The minimum atomic E-state index is -4.41. The van der Waals surface area contributed by atoms with Crippen LogP contribution in [0, 0.1) is 0 Å². The van der Waals surface area contributed by atoms with Crippen LogP contribution >= 0.6 is 0 Å². The number of rotatable bonds is 11. The summed E-state index contributed by atoms with van der Waals surface area (Å²) in [7, 11) is -4.41. The Morgan fingerprint density at radius 1 is 1.12 bits per heavy atom. The van der Waals surface area contributed by atoms with Gasteiger partial charge < -0.3 is 5.32 Å². The van der Waals surface area contributed by atoms with Crippen molar-refractivity contribution in [1.29, 1.82) is 0 Å². The number of carbonyl (C=O) groups excluding carboxylic acids is 1. The molecule has 0 atom stereocenters. The topological polar surface area (TPSA) is 114 Å². The van der Waals surface area contributed by atoms with E-state index in [0.717, 1.165) is 5.56 Å². The van der Waals surface area contributed by atoms with E-state index in [-0.39, 0.29) is 25.7 Å². The van der Waals surface area contributed by atoms with Crippen LogP contribution in [0.25, 0.3) is 0 Å². The quantitative estimate of drug-likeness (QED) is 0.307. The molecule has 0 bridgehead atoms. The highest BCUT2D eigenvalue weighted by atomic mass is 32.3. The average Bonchev–Trinajstić information content (AvgIpc) is 2.57. The molecule has 0 aliphatic heterocycles. The number of hydroxylamine groups is 1. The number of carbonyl (C=O) groups is 1. The zero-order valence-electron chi connectivity index (χ0n) is 14.0. The Hall–Kier alpha value is -1.52. The van der Waals surface area contributed by atoms with Crippen LogP contribution in [0.5, 0.6) is 0 Å². The van der Waals surface area contributed by atoms with Gasteiger partial charge in [-0.05, 0) is 12.0 Å². The van der Waals surface area contributed by atoms with Crippen LogP contribution in [-0.2, 0) is 30.6 Å². The molecule has 0 unspecified atom stereocenters. The van der Waals surface area contributed by atoms with E-state index < -0.39 is 10.4 Å². The van der Waals surface area contributed by atoms with Crippen molar-refractivity contribution >= 4 is 16.3 Å². The van der Waals surface area contributed by atoms with Gasteiger partial charge in [-0.2, -0.15) is 8.42 Å². The van der Waals surface area contributed by atoms with Gasteiger partial charge in [0.05, 0.1) is 13.2 Å². The predicted molar refractivity (Wildman–Crippen MR) is 90.6 cm³/mol. The van der Waals surface area contributed by atoms with E-state index >= 15 is 0 Å². The standard InChI is InChI=1S/C13H20N2O6S.C2H6/c16-13(7-6-12-4-2-1-3-5-12)14-8-10-20-15-9-11-21-22(17,18)19;1-2/h1-5,15H,6-11H2,(H,14,16)(H,17,18,19);1-2H3. The van der Waals surface area contributed by atoms with Gasteiger partial charge in [0.1, 0.15) is 0 Å². The second kappa shape index (κ2) is 13.9. The Kier molecular flexibility index (Phi) is 13.0. The summed E-state index contributed by atoms with van der Waals surface area (Å²) in [5.41, 5.74) is 3.54. The maximum Gasteiger partial charge on any atom is 0.397 e. The van der Waals surface area contributed by atoms with E-state index in [1.54, 1.807) is 0 Å². The van der Waals surface area contributed by atoms with Gasteiger partial charge in [-0.15, -0.1) is 0 Å². The molecule has 0 aromatic heterocycles. The smallest absolute Gasteiger partial charge is 0.354 e. The predicted octanol–water partition coefficient (Wildman–Crippen LogP) is 1.10. The summed E-state index contributed by atoms with van der Waals surface area (Å²) in [6.07, 6.45) is 1.08. The molecule has 138 valence electrons. The lowest BCUT2D eigenvalue weighted by Crippen LogP contribution is -2.30. The number of hydrogen-bond donors (Lipinski definition) is 3. The van der Waals surface area contributed by atoms with E-state index in [4.69, 9.17) is 9.39 Å². The first-order valence-electron chi connectivity index (χ1n) is 7.74. The van der Waals surface area contributed by atoms with Crippen LogP contribution in [0.2, 0.25) is 0 Å². The molecule has 1 aromatic carbocycles. The van der Waals surface area contributed by atoms with Gasteiger partial charge in [-0.1, -0.05) is 44.2 Å². The number of amides is 1. The van der Waals surface area contributed by atoms with Crippen LogP contribution in [0.3, 0.4) is 0 Å². The Morgan fingerprint density at radius 3 is 2.42 bits per heavy atom. The lowest BCUT2D eigenvalue weighted by atomic mass is 10.1. The Labute approximate surface area is 143 Å². The van der Waals surface area contributed by atoms with Crippen LogP contribution < -0.4 is 10.8 Å². The van der Waals surface area contributed by atoms with E-state index in [9.17, 15) is 13.2 Å². The van der Waals surface area contributed by atoms with Gasteiger partial charge in [-0.25, -0.2) is 9.66 Å². The molecule has 0 saturated carbocycles. The third-order valence-electron chi connectivity index (χ3n) is 2.55. The lowest BCUT2D eigenvalue weighted by Gasteiger charge is -2.07. The normalized spacial score (nSPS) is 10.6. The largest absolute Gasteiger partial charge is 0.397 e. The number of nitrogens with one attached hydrogen (secondary N) is 2. The molecule has 0 saturated heterocycles. The van der Waals surface area contributed by atoms with Crippen molar-refractivity contribution in [2.75, 3.05) is 26.3 Å². The molecule has 1 amide bonds. The van der Waals surface area contributed by atoms with E-state index in [0.29, 0.717) is 19.4 Å². The van der Waals surface area contributed by atoms with Crippen LogP contribution in [0.1, 0.15) is 25.8 Å². The molecular formula is C15H26N2O6S. The van der Waals surface area contributed by atoms with Crippen LogP contribution in [0.4, 0.5) is 0 Å². The third kappa shape index (κ3) is 14.1. The molecule has 8 nitrogen and oxygen atoms in total. The fourth-order valence-corrected chi connectivity index (χ4v) is 1.86. The van der Waals surface area contributed by atoms with Crippen molar-refractivity contribution in [2.45, 2.75) is 26.7 Å². The van der Waals surface area contributed by atoms with Gasteiger partial charge in [0, 0.05) is 19.5 Å². The van der Waals surface area contributed by atoms with Crippen molar-refractivity contribution in [3.63, 3.8) is 0 Å². The number of aryl methyl sites for hydroxylation is 1. The first kappa shape index (κ1) is 22.5. The molecule has 0 aliphatic carbocycles. The molecule has 1 rings (SSSR count). The second-order valence-electron chi connectivity index (χ2n) is 4.33. The molecule has 0 heterocycles. The average molecular weight is 362 g/mol. The highest BCUT2D eigenvalue weighted by molar-refractivity contribution is 7.80. The summed E-state index contributed by atoms with van der Waals surface area (Å²) in [6, 6.07) is 9.72. The summed E-state index contributed by atoms with van der Waals surface area (Å²) < 4.78 is 32.8. The molecule has 3 N–H and O–H groups in total. The number of hydrogen-bond acceptors (Lipinski definition) is 6. The molecule has 24 heavy (non-hydrogen) atoms. The van der Waals surface area contributed by atoms with Crippen molar-refractivity contribution in [2.24, 2.45) is 0 Å². The van der Waals surface area contributed by atoms with E-state index in [2.05, 4.69) is 15.0 Å². The summed E-state index contributed by atoms with van der Waals surface area (Å²) in [4.78, 5) is 16.5. The Morgan fingerprint density at radius 2 is 1.79 bits per heavy atom. The Bertz CT molecular complexity index is 536. The van der Waals surface area contributed by atoms with Crippen molar-refractivity contribution in [3.8, 4) is 0 Å². The second-order valence-corrected chi connectivity index (χ2v) is 5.42. The zero-order chi connectivity index (χ0) is 18.3. The minimum absolute atomic E-state index is 0.0674. The summed E-state index contributed by atoms with van der Waals surface area (Å²) >= 11 is 0. The number of benzene rings is 1. The summed E-state index contributed by atoms with van der Waals surface area (Å²) in [5, 5.41) is 2.70. The monoisotopic (exact) mass is 362 g/mol. The maximum atomic E-state index is 11.6. The van der Waals surface area contributed by atoms with Crippen LogP contribution in [0.15, 0.2) is 30.3 Å². The molecular weight excluding hydrogens is 336 g/mol. The van der Waals surface area contributed by atoms with Gasteiger partial charge in [0.15, 0.2) is 0 Å². The fraction of sp³-hybridized carbons (Fsp3) is 0.533. The maximum absolute atomic E-state index is 11.6. The van der Waals surface area contributed by atoms with E-state index in [1.807, 2.05) is 44.2 Å². The molecule has 0 fully saturated rings. The van der Waals surface area contributed by atoms with E-state index in [1.165, 1.54) is 0 Å². The van der Waals surface area contributed by atoms with Crippen LogP contribution in [-0.4, -0.2) is 45.2 Å². The van der Waals surface area contributed by atoms with Gasteiger partial charge in [-0.3, -0.25) is 14.2 Å². The summed E-state index contributed by atoms with van der Waals surface area (Å²) in [6.45, 7) is 4.40. The zero-order valence-corrected chi connectivity index (χ0v) is 14.8. The highest BCUT2D eigenvalue weighted by Crippen LogP contribution is 2.01. The lowest BCUT2D eigenvalue weighted by molar-refractivity contribution is -0.121. The van der Waals surface area contributed by atoms with Crippen molar-refractivity contribution in [1.82, 2.24) is 10.8 Å². The minimum Gasteiger partial charge on any atom is -0.354 e. The van der Waals surface area contributed by atoms with Gasteiger partial charge in [0.25, 0.3) is 0 Å². The van der Waals surface area contributed by atoms with Crippen molar-refractivity contribution in [3.05, 3.63) is 35.9 Å². The molecule has 0 aliphatic rings. The summed E-state index contributed by atoms with van der Waals surface area (Å²) in [5.74, 6) is -0.0674. The molecule has 1 aromatic rings. The SMILES string of the molecule is CC.O=C(CCc1ccccc1)NCCONCCOS(=O)(=O)O. The first-order chi connectivity index (χ1) is 11.5. The Balaban J connectivity index is 0.00000254. The third-order valence-corrected chi connectivity index (χ3v) is 3.01. The first-order valence-corrected chi connectivity index (χ1v) is 9.11. The molecule has 0 spiro atoms. The fourth-order valence-electron chi connectivity index (χ4n) is 1.57.